The largest absolute Gasteiger partial charge is 0.381 e. The van der Waals surface area contributed by atoms with Gasteiger partial charge in [0.15, 0.2) is 0 Å². The van der Waals surface area contributed by atoms with E-state index in [1.165, 1.54) is 0 Å². The molecule has 3 N–H and O–H groups in total. The summed E-state index contributed by atoms with van der Waals surface area (Å²) in [7, 11) is 1.69. The molecule has 1 amide bonds. The van der Waals surface area contributed by atoms with Crippen LogP contribution in [0.1, 0.15) is 28.9 Å². The molecule has 0 aliphatic heterocycles. The molecule has 1 aliphatic rings. The molecule has 0 radical (unpaired) electrons. The average molecular weight is 259 g/mol. The molecule has 1 saturated carbocycles. The molecule has 1 heterocycles. The topological polar surface area (TPSA) is 77.2 Å². The number of ether oxygens (including phenoxy) is 1. The van der Waals surface area contributed by atoms with Crippen LogP contribution in [0.15, 0.2) is 18.3 Å². The lowest BCUT2D eigenvalue weighted by Gasteiger charge is -2.34. The highest BCUT2D eigenvalue weighted by Gasteiger charge is 2.30. The molecule has 0 aromatic carbocycles. The van der Waals surface area contributed by atoms with Crippen molar-refractivity contribution in [1.82, 2.24) is 10.3 Å². The summed E-state index contributed by atoms with van der Waals surface area (Å²) in [5.41, 5.74) is 6.44. The van der Waals surface area contributed by atoms with Gasteiger partial charge in [-0.3, -0.25) is 4.79 Å². The maximum atomic E-state index is 11.9. The van der Waals surface area contributed by atoms with E-state index in [9.17, 15) is 4.79 Å². The highest BCUT2D eigenvalue weighted by molar-refractivity contribution is 5.92. The molecule has 1 aliphatic carbocycles. The number of pyridine rings is 1. The summed E-state index contributed by atoms with van der Waals surface area (Å²) in [6.07, 6.45) is 3.58. The molecule has 5 nitrogen and oxygen atoms in total. The number of amides is 1. The molecule has 1 aromatic heterocycles. The molecule has 2 rings (SSSR count). The Balaban J connectivity index is 1.89. The predicted octanol–water partition coefficient (Wildman–Crippen LogP) is 0.299. The highest BCUT2D eigenvalue weighted by Crippen LogP contribution is 2.22. The summed E-state index contributed by atoms with van der Waals surface area (Å²) in [4.78, 5) is 16.0. The number of rotatable bonds is 3. The minimum absolute atomic E-state index is 0.155. The lowest BCUT2D eigenvalue weighted by Crippen LogP contribution is -2.47. The zero-order valence-electron chi connectivity index (χ0n) is 10.8. The third-order valence-corrected chi connectivity index (χ3v) is 3.09. The van der Waals surface area contributed by atoms with E-state index >= 15 is 0 Å². The van der Waals surface area contributed by atoms with Gasteiger partial charge >= 0.3 is 0 Å². The normalized spacial score (nSPS) is 20.9. The molecule has 100 valence electrons. The Kier molecular flexibility index (Phi) is 4.50. The lowest BCUT2D eigenvalue weighted by molar-refractivity contribution is 0.0175. The fourth-order valence-corrected chi connectivity index (χ4v) is 1.89. The van der Waals surface area contributed by atoms with Crippen LogP contribution >= 0.6 is 0 Å². The first-order valence-electron chi connectivity index (χ1n) is 6.21. The molecule has 5 heteroatoms. The first-order chi connectivity index (χ1) is 9.22. The number of carbonyl (C=O) groups is 1. The van der Waals surface area contributed by atoms with Gasteiger partial charge in [0.2, 0.25) is 0 Å². The zero-order chi connectivity index (χ0) is 13.7. The standard InChI is InChI=1S/C14H17N3O2/c1-19-12-7-11(8-12)17-14(18)13-5-4-10(9-16-13)3-2-6-15/h4-5,9,11-12H,6-8,15H2,1H3,(H,17,18). The maximum Gasteiger partial charge on any atom is 0.270 e. The van der Waals surface area contributed by atoms with Gasteiger partial charge in [-0.05, 0) is 25.0 Å². The Labute approximate surface area is 112 Å². The first-order valence-corrected chi connectivity index (χ1v) is 6.21. The van der Waals surface area contributed by atoms with Crippen molar-refractivity contribution in [3.8, 4) is 11.8 Å². The predicted molar refractivity (Wildman–Crippen MR) is 71.5 cm³/mol. The SMILES string of the molecule is COC1CC(NC(=O)c2ccc(C#CCN)cn2)C1. The lowest BCUT2D eigenvalue weighted by atomic mass is 9.89. The first kappa shape index (κ1) is 13.5. The number of nitrogens with zero attached hydrogens (tertiary/aromatic N) is 1. The Bertz CT molecular complexity index is 496. The molecule has 19 heavy (non-hydrogen) atoms. The van der Waals surface area contributed by atoms with Crippen LogP contribution in [-0.2, 0) is 4.74 Å². The van der Waals surface area contributed by atoms with Gasteiger partial charge in [-0.25, -0.2) is 4.98 Å². The second-order valence-corrected chi connectivity index (χ2v) is 4.44. The van der Waals surface area contributed by atoms with Crippen molar-refractivity contribution < 1.29 is 9.53 Å². The van der Waals surface area contributed by atoms with Crippen molar-refractivity contribution in [2.75, 3.05) is 13.7 Å². The maximum absolute atomic E-state index is 11.9. The van der Waals surface area contributed by atoms with E-state index in [-0.39, 0.29) is 18.1 Å². The van der Waals surface area contributed by atoms with E-state index in [0.717, 1.165) is 18.4 Å². The molecule has 1 fully saturated rings. The number of aromatic nitrogens is 1. The molecule has 0 bridgehead atoms. The summed E-state index contributed by atoms with van der Waals surface area (Å²) in [6, 6.07) is 3.63. The van der Waals surface area contributed by atoms with Crippen LogP contribution < -0.4 is 11.1 Å². The number of hydrogen-bond acceptors (Lipinski definition) is 4. The summed E-state index contributed by atoms with van der Waals surface area (Å²) >= 11 is 0. The number of methoxy groups -OCH3 is 1. The van der Waals surface area contributed by atoms with Gasteiger partial charge in [-0.1, -0.05) is 11.8 Å². The van der Waals surface area contributed by atoms with Crippen molar-refractivity contribution in [1.29, 1.82) is 0 Å². The van der Waals surface area contributed by atoms with Crippen molar-refractivity contribution >= 4 is 5.91 Å². The molecule has 0 saturated heterocycles. The summed E-state index contributed by atoms with van der Waals surface area (Å²) in [5.74, 6) is 5.44. The van der Waals surface area contributed by atoms with E-state index in [2.05, 4.69) is 22.1 Å². The Morgan fingerprint density at radius 1 is 1.58 bits per heavy atom. The molecule has 1 aromatic rings. The van der Waals surface area contributed by atoms with E-state index in [1.54, 1.807) is 25.4 Å². The Hall–Kier alpha value is -1.90. The van der Waals surface area contributed by atoms with Crippen LogP contribution in [0.3, 0.4) is 0 Å². The van der Waals surface area contributed by atoms with Crippen LogP contribution in [-0.4, -0.2) is 36.7 Å². The van der Waals surface area contributed by atoms with Crippen LogP contribution in [0.5, 0.6) is 0 Å². The number of carbonyl (C=O) groups excluding carboxylic acids is 1. The van der Waals surface area contributed by atoms with Crippen LogP contribution in [0.2, 0.25) is 0 Å². The smallest absolute Gasteiger partial charge is 0.270 e. The number of hydrogen-bond donors (Lipinski definition) is 2. The minimum atomic E-state index is -0.155. The molecule has 0 atom stereocenters. The minimum Gasteiger partial charge on any atom is -0.381 e. The van der Waals surface area contributed by atoms with Crippen LogP contribution in [0, 0.1) is 11.8 Å². The van der Waals surface area contributed by atoms with Gasteiger partial charge in [-0.15, -0.1) is 0 Å². The van der Waals surface area contributed by atoms with Crippen molar-refractivity contribution in [2.45, 2.75) is 25.0 Å². The second kappa shape index (κ2) is 6.32. The zero-order valence-corrected chi connectivity index (χ0v) is 10.8. The van der Waals surface area contributed by atoms with Crippen molar-refractivity contribution in [3.05, 3.63) is 29.6 Å². The van der Waals surface area contributed by atoms with E-state index in [1.807, 2.05) is 0 Å². The molecule has 0 spiro atoms. The quantitative estimate of drug-likeness (QED) is 0.765. The summed E-state index contributed by atoms with van der Waals surface area (Å²) < 4.78 is 5.16. The molecule has 0 unspecified atom stereocenters. The summed E-state index contributed by atoms with van der Waals surface area (Å²) in [6.45, 7) is 0.310. The Morgan fingerprint density at radius 3 is 2.95 bits per heavy atom. The van der Waals surface area contributed by atoms with E-state index in [4.69, 9.17) is 10.5 Å². The van der Waals surface area contributed by atoms with Gasteiger partial charge in [0.1, 0.15) is 5.69 Å². The van der Waals surface area contributed by atoms with Gasteiger partial charge in [-0.2, -0.15) is 0 Å². The number of nitrogens with two attached hydrogens (primary N) is 1. The monoisotopic (exact) mass is 259 g/mol. The number of nitrogens with one attached hydrogen (secondary N) is 1. The van der Waals surface area contributed by atoms with Crippen LogP contribution in [0.4, 0.5) is 0 Å². The highest BCUT2D eigenvalue weighted by atomic mass is 16.5. The van der Waals surface area contributed by atoms with Gasteiger partial charge in [0, 0.05) is 24.9 Å². The van der Waals surface area contributed by atoms with Crippen LogP contribution in [0.25, 0.3) is 0 Å². The van der Waals surface area contributed by atoms with Crippen molar-refractivity contribution in [2.24, 2.45) is 5.73 Å². The second-order valence-electron chi connectivity index (χ2n) is 4.44. The molecular weight excluding hydrogens is 242 g/mol. The summed E-state index contributed by atoms with van der Waals surface area (Å²) in [5, 5.41) is 2.92. The third kappa shape index (κ3) is 3.53. The van der Waals surface area contributed by atoms with Gasteiger partial charge in [0.25, 0.3) is 5.91 Å². The third-order valence-electron chi connectivity index (χ3n) is 3.09. The van der Waals surface area contributed by atoms with Gasteiger partial charge < -0.3 is 15.8 Å². The van der Waals surface area contributed by atoms with Crippen molar-refractivity contribution in [3.63, 3.8) is 0 Å². The molecular formula is C14H17N3O2. The van der Waals surface area contributed by atoms with Gasteiger partial charge in [0.05, 0.1) is 12.6 Å². The fourth-order valence-electron chi connectivity index (χ4n) is 1.89. The average Bonchev–Trinajstić information content (AvgIpc) is 2.40. The Morgan fingerprint density at radius 2 is 2.37 bits per heavy atom. The fraction of sp³-hybridized carbons (Fsp3) is 0.429. The van der Waals surface area contributed by atoms with E-state index in [0.29, 0.717) is 12.2 Å². The van der Waals surface area contributed by atoms with E-state index < -0.39 is 0 Å².